The molecule has 2 aromatic rings. The molecular weight excluding hydrogens is 215 g/mol. The molecule has 1 aromatic carbocycles. The monoisotopic (exact) mass is 230 g/mol. The Bertz CT molecular complexity index is 575. The molecule has 3 heteroatoms. The zero-order chi connectivity index (χ0) is 11.4. The quantitative estimate of drug-likeness (QED) is 0.796. The maximum atomic E-state index is 13.1. The van der Waals surface area contributed by atoms with E-state index in [0.717, 1.165) is 28.7 Å². The Labute approximate surface area is 99.3 Å². The summed E-state index contributed by atoms with van der Waals surface area (Å²) < 4.78 is 13.1. The maximum absolute atomic E-state index is 13.1. The lowest BCUT2D eigenvalue weighted by Crippen LogP contribution is -2.09. The van der Waals surface area contributed by atoms with Crippen LogP contribution in [0.15, 0.2) is 18.2 Å². The first-order valence-corrected chi connectivity index (χ1v) is 6.45. The van der Waals surface area contributed by atoms with Gasteiger partial charge in [-0.05, 0) is 49.3 Å². The molecular formula is C14H15FN2. The van der Waals surface area contributed by atoms with E-state index in [1.807, 2.05) is 0 Å². The summed E-state index contributed by atoms with van der Waals surface area (Å²) in [5.41, 5.74) is 1.73. The molecule has 0 amide bonds. The van der Waals surface area contributed by atoms with Crippen molar-refractivity contribution >= 4 is 11.0 Å². The molecule has 2 aliphatic carbocycles. The second-order valence-electron chi connectivity index (χ2n) is 5.56. The van der Waals surface area contributed by atoms with Crippen molar-refractivity contribution in [3.05, 3.63) is 29.8 Å². The van der Waals surface area contributed by atoms with E-state index in [-0.39, 0.29) is 5.82 Å². The molecule has 0 saturated heterocycles. The number of halogens is 1. The Morgan fingerprint density at radius 1 is 1.24 bits per heavy atom. The summed E-state index contributed by atoms with van der Waals surface area (Å²) in [4.78, 5) is 7.94. The molecule has 1 N–H and O–H groups in total. The Balaban J connectivity index is 1.76. The Morgan fingerprint density at radius 3 is 2.94 bits per heavy atom. The zero-order valence-corrected chi connectivity index (χ0v) is 9.62. The minimum absolute atomic E-state index is 0.194. The maximum Gasteiger partial charge on any atom is 0.125 e. The van der Waals surface area contributed by atoms with Crippen LogP contribution in [-0.4, -0.2) is 9.97 Å². The van der Waals surface area contributed by atoms with Crippen LogP contribution in [-0.2, 0) is 0 Å². The van der Waals surface area contributed by atoms with Crippen molar-refractivity contribution in [3.63, 3.8) is 0 Å². The van der Waals surface area contributed by atoms with Gasteiger partial charge >= 0.3 is 0 Å². The van der Waals surface area contributed by atoms with Gasteiger partial charge in [0.05, 0.1) is 11.0 Å². The summed E-state index contributed by atoms with van der Waals surface area (Å²) >= 11 is 0. The highest BCUT2D eigenvalue weighted by atomic mass is 19.1. The second-order valence-corrected chi connectivity index (χ2v) is 5.56. The Kier molecular flexibility index (Phi) is 1.88. The van der Waals surface area contributed by atoms with Crippen molar-refractivity contribution in [2.24, 2.45) is 11.8 Å². The van der Waals surface area contributed by atoms with Gasteiger partial charge in [0.2, 0.25) is 0 Å². The first-order chi connectivity index (χ1) is 8.29. The van der Waals surface area contributed by atoms with Crippen molar-refractivity contribution in [2.45, 2.75) is 31.6 Å². The van der Waals surface area contributed by atoms with E-state index in [9.17, 15) is 4.39 Å². The third-order valence-electron chi connectivity index (χ3n) is 4.55. The van der Waals surface area contributed by atoms with E-state index in [4.69, 9.17) is 0 Å². The number of aromatic amines is 1. The third kappa shape index (κ3) is 1.41. The van der Waals surface area contributed by atoms with Gasteiger partial charge in [-0.1, -0.05) is 6.42 Å². The van der Waals surface area contributed by atoms with Crippen molar-refractivity contribution in [3.8, 4) is 0 Å². The van der Waals surface area contributed by atoms with E-state index in [2.05, 4.69) is 9.97 Å². The van der Waals surface area contributed by atoms with Gasteiger partial charge in [0, 0.05) is 5.92 Å². The van der Waals surface area contributed by atoms with E-state index >= 15 is 0 Å². The molecule has 4 rings (SSSR count). The van der Waals surface area contributed by atoms with Crippen LogP contribution in [0.1, 0.15) is 37.4 Å². The molecule has 2 aliphatic rings. The van der Waals surface area contributed by atoms with Crippen LogP contribution in [0.5, 0.6) is 0 Å². The van der Waals surface area contributed by atoms with Crippen LogP contribution < -0.4 is 0 Å². The van der Waals surface area contributed by atoms with E-state index in [0.29, 0.717) is 5.92 Å². The summed E-state index contributed by atoms with van der Waals surface area (Å²) in [6.45, 7) is 0. The number of rotatable bonds is 1. The lowest BCUT2D eigenvalue weighted by atomic mass is 9.88. The molecule has 1 heterocycles. The smallest absolute Gasteiger partial charge is 0.125 e. The number of hydrogen-bond donors (Lipinski definition) is 1. The van der Waals surface area contributed by atoms with Crippen LogP contribution in [0.2, 0.25) is 0 Å². The molecule has 0 radical (unpaired) electrons. The van der Waals surface area contributed by atoms with Gasteiger partial charge < -0.3 is 4.98 Å². The Hall–Kier alpha value is -1.38. The lowest BCUT2D eigenvalue weighted by Gasteiger charge is -2.18. The van der Waals surface area contributed by atoms with Gasteiger partial charge in [0.1, 0.15) is 11.6 Å². The molecule has 2 bridgehead atoms. The minimum Gasteiger partial charge on any atom is -0.342 e. The van der Waals surface area contributed by atoms with Gasteiger partial charge in [-0.3, -0.25) is 0 Å². The average molecular weight is 230 g/mol. The fraction of sp³-hybridized carbons (Fsp3) is 0.500. The van der Waals surface area contributed by atoms with Crippen LogP contribution in [0, 0.1) is 17.7 Å². The van der Waals surface area contributed by atoms with Crippen molar-refractivity contribution in [1.82, 2.24) is 9.97 Å². The van der Waals surface area contributed by atoms with Gasteiger partial charge in [0.25, 0.3) is 0 Å². The first-order valence-electron chi connectivity index (χ1n) is 6.45. The van der Waals surface area contributed by atoms with Crippen LogP contribution in [0.3, 0.4) is 0 Å². The zero-order valence-electron chi connectivity index (χ0n) is 9.62. The summed E-state index contributed by atoms with van der Waals surface area (Å²) in [6.07, 6.45) is 5.39. The highest BCUT2D eigenvalue weighted by Crippen LogP contribution is 2.52. The fourth-order valence-corrected chi connectivity index (χ4v) is 3.76. The van der Waals surface area contributed by atoms with Gasteiger partial charge in [0.15, 0.2) is 0 Å². The van der Waals surface area contributed by atoms with Crippen LogP contribution in [0.25, 0.3) is 11.0 Å². The van der Waals surface area contributed by atoms with Crippen molar-refractivity contribution < 1.29 is 4.39 Å². The average Bonchev–Trinajstić information content (AvgIpc) is 3.01. The molecule has 0 aliphatic heterocycles. The molecule has 2 nitrogen and oxygen atoms in total. The number of nitrogens with zero attached hydrogens (tertiary/aromatic N) is 1. The standard InChI is InChI=1S/C14H15FN2/c15-10-3-4-12-13(7-10)17-14(16-12)11-6-8-1-2-9(11)5-8/h3-4,7-9,11H,1-2,5-6H2,(H,16,17). The van der Waals surface area contributed by atoms with Crippen molar-refractivity contribution in [1.29, 1.82) is 0 Å². The van der Waals surface area contributed by atoms with E-state index in [1.165, 1.54) is 31.7 Å². The predicted molar refractivity (Wildman–Crippen MR) is 64.2 cm³/mol. The molecule has 0 spiro atoms. The molecule has 2 fully saturated rings. The summed E-state index contributed by atoms with van der Waals surface area (Å²) in [7, 11) is 0. The lowest BCUT2D eigenvalue weighted by molar-refractivity contribution is 0.408. The molecule has 1 aromatic heterocycles. The number of imidazole rings is 1. The van der Waals surface area contributed by atoms with Crippen LogP contribution in [0.4, 0.5) is 4.39 Å². The number of H-pyrrole nitrogens is 1. The highest BCUT2D eigenvalue weighted by molar-refractivity contribution is 5.75. The normalized spacial score (nSPS) is 31.5. The number of benzene rings is 1. The molecule has 3 unspecified atom stereocenters. The molecule has 17 heavy (non-hydrogen) atoms. The second kappa shape index (κ2) is 3.31. The largest absolute Gasteiger partial charge is 0.342 e. The predicted octanol–water partition coefficient (Wildman–Crippen LogP) is 3.61. The number of aromatic nitrogens is 2. The first kappa shape index (κ1) is 9.63. The number of fused-ring (bicyclic) bond motifs is 3. The van der Waals surface area contributed by atoms with Gasteiger partial charge in [-0.25, -0.2) is 9.37 Å². The Morgan fingerprint density at radius 2 is 2.18 bits per heavy atom. The molecule has 2 saturated carbocycles. The topological polar surface area (TPSA) is 28.7 Å². The summed E-state index contributed by atoms with van der Waals surface area (Å²) in [5, 5.41) is 0. The number of nitrogens with one attached hydrogen (secondary N) is 1. The SMILES string of the molecule is Fc1ccc2nc(C3CC4CCC3C4)[nH]c2c1. The van der Waals surface area contributed by atoms with Gasteiger partial charge in [-0.15, -0.1) is 0 Å². The van der Waals surface area contributed by atoms with E-state index < -0.39 is 0 Å². The van der Waals surface area contributed by atoms with Gasteiger partial charge in [-0.2, -0.15) is 0 Å². The fourth-order valence-electron chi connectivity index (χ4n) is 3.76. The number of hydrogen-bond acceptors (Lipinski definition) is 1. The minimum atomic E-state index is -0.194. The molecule has 3 atom stereocenters. The molecule has 88 valence electrons. The summed E-state index contributed by atoms with van der Waals surface area (Å²) in [5.74, 6) is 3.20. The highest BCUT2D eigenvalue weighted by Gasteiger charge is 2.41. The third-order valence-corrected chi connectivity index (χ3v) is 4.55. The summed E-state index contributed by atoms with van der Waals surface area (Å²) in [6, 6.07) is 4.78. The van der Waals surface area contributed by atoms with Crippen molar-refractivity contribution in [2.75, 3.05) is 0 Å². The van der Waals surface area contributed by atoms with E-state index in [1.54, 1.807) is 12.1 Å². The van der Waals surface area contributed by atoms with Crippen LogP contribution >= 0.6 is 0 Å².